The molecule has 1 aromatic heterocycles. The normalized spacial score (nSPS) is 14.9. The van der Waals surface area contributed by atoms with E-state index in [1.165, 1.54) is 5.56 Å². The molecule has 1 aliphatic rings. The molecule has 0 aliphatic carbocycles. The number of hydrogen-bond donors (Lipinski definition) is 2. The van der Waals surface area contributed by atoms with Crippen LogP contribution in [0.25, 0.3) is 10.9 Å². The predicted octanol–water partition coefficient (Wildman–Crippen LogP) is 2.89. The van der Waals surface area contributed by atoms with Crippen molar-refractivity contribution >= 4 is 22.6 Å². The molecule has 0 atom stereocenters. The van der Waals surface area contributed by atoms with E-state index in [1.54, 1.807) is 6.07 Å². The molecule has 0 spiro atoms. The topological polar surface area (TPSA) is 81.3 Å². The summed E-state index contributed by atoms with van der Waals surface area (Å²) in [4.78, 5) is 36.2. The first-order chi connectivity index (χ1) is 14.0. The number of aromatic nitrogens is 2. The van der Waals surface area contributed by atoms with E-state index in [4.69, 9.17) is 0 Å². The highest BCUT2D eigenvalue weighted by molar-refractivity contribution is 5.89. The number of benzene rings is 2. The van der Waals surface area contributed by atoms with Gasteiger partial charge in [0.1, 0.15) is 5.82 Å². The Morgan fingerprint density at radius 3 is 2.59 bits per heavy atom. The summed E-state index contributed by atoms with van der Waals surface area (Å²) < 4.78 is 0. The van der Waals surface area contributed by atoms with Crippen LogP contribution < -0.4 is 10.9 Å². The fourth-order valence-electron chi connectivity index (χ4n) is 3.55. The zero-order valence-electron chi connectivity index (χ0n) is 16.7. The molecule has 7 nitrogen and oxygen atoms in total. The average molecular weight is 391 g/mol. The third-order valence-corrected chi connectivity index (χ3v) is 5.45. The number of amides is 2. The van der Waals surface area contributed by atoms with E-state index in [2.05, 4.69) is 27.1 Å². The fourth-order valence-corrected chi connectivity index (χ4v) is 3.55. The van der Waals surface area contributed by atoms with Crippen molar-refractivity contribution in [3.8, 4) is 0 Å². The van der Waals surface area contributed by atoms with Crippen molar-refractivity contribution in [1.29, 1.82) is 0 Å². The van der Waals surface area contributed by atoms with Gasteiger partial charge in [-0.15, -0.1) is 0 Å². The number of urea groups is 1. The minimum atomic E-state index is -0.114. The van der Waals surface area contributed by atoms with Crippen LogP contribution in [0, 0.1) is 13.8 Å². The van der Waals surface area contributed by atoms with Crippen molar-refractivity contribution in [3.63, 3.8) is 0 Å². The standard InChI is InChI=1S/C22H25N5O2/c1-15-7-8-17(13-16(15)2)23-22(29)27-11-9-26(10-12-27)14-20-24-19-6-4-3-5-18(19)21(28)25-20/h3-8,13H,9-12,14H2,1-2H3,(H,23,29)(H,24,25,28). The number of hydrogen-bond acceptors (Lipinski definition) is 4. The van der Waals surface area contributed by atoms with E-state index in [9.17, 15) is 9.59 Å². The molecular weight excluding hydrogens is 366 g/mol. The summed E-state index contributed by atoms with van der Waals surface area (Å²) in [5.41, 5.74) is 3.77. The highest BCUT2D eigenvalue weighted by Crippen LogP contribution is 2.15. The molecule has 0 radical (unpaired) electrons. The molecule has 2 amide bonds. The summed E-state index contributed by atoms with van der Waals surface area (Å²) in [5.74, 6) is 0.654. The number of anilines is 1. The van der Waals surface area contributed by atoms with E-state index < -0.39 is 0 Å². The predicted molar refractivity (Wildman–Crippen MR) is 114 cm³/mol. The second-order valence-corrected chi connectivity index (χ2v) is 7.52. The first-order valence-corrected chi connectivity index (χ1v) is 9.83. The Morgan fingerprint density at radius 2 is 1.83 bits per heavy atom. The number of aromatic amines is 1. The average Bonchev–Trinajstić information content (AvgIpc) is 2.71. The van der Waals surface area contributed by atoms with Crippen molar-refractivity contribution in [2.45, 2.75) is 20.4 Å². The second kappa shape index (κ2) is 8.05. The number of carbonyl (C=O) groups excluding carboxylic acids is 1. The number of nitrogens with zero attached hydrogens (tertiary/aromatic N) is 3. The van der Waals surface area contributed by atoms with E-state index in [1.807, 2.05) is 48.2 Å². The SMILES string of the molecule is Cc1ccc(NC(=O)N2CCN(Cc3nc4ccccc4c(=O)[nH]3)CC2)cc1C. The van der Waals surface area contributed by atoms with Gasteiger partial charge >= 0.3 is 6.03 Å². The molecule has 2 N–H and O–H groups in total. The summed E-state index contributed by atoms with van der Waals surface area (Å²) in [5, 5.41) is 3.58. The molecule has 3 aromatic rings. The first kappa shape index (κ1) is 19.1. The van der Waals surface area contributed by atoms with E-state index in [-0.39, 0.29) is 11.6 Å². The van der Waals surface area contributed by atoms with Crippen molar-refractivity contribution in [2.75, 3.05) is 31.5 Å². The van der Waals surface area contributed by atoms with Gasteiger partial charge < -0.3 is 15.2 Å². The third kappa shape index (κ3) is 4.30. The van der Waals surface area contributed by atoms with Crippen LogP contribution in [0.5, 0.6) is 0 Å². The molecule has 2 heterocycles. The van der Waals surface area contributed by atoms with Gasteiger partial charge in [0.05, 0.1) is 17.4 Å². The third-order valence-electron chi connectivity index (χ3n) is 5.45. The summed E-state index contributed by atoms with van der Waals surface area (Å²) in [7, 11) is 0. The molecular formula is C22H25N5O2. The van der Waals surface area contributed by atoms with Crippen LogP contribution in [-0.4, -0.2) is 52.0 Å². The number of para-hydroxylation sites is 1. The maximum atomic E-state index is 12.6. The van der Waals surface area contributed by atoms with Crippen LogP contribution in [-0.2, 0) is 6.54 Å². The van der Waals surface area contributed by atoms with Crippen LogP contribution in [0.2, 0.25) is 0 Å². The van der Waals surface area contributed by atoms with Crippen molar-refractivity contribution in [3.05, 3.63) is 69.8 Å². The Morgan fingerprint density at radius 1 is 1.07 bits per heavy atom. The quantitative estimate of drug-likeness (QED) is 0.719. The van der Waals surface area contributed by atoms with Crippen LogP contribution >= 0.6 is 0 Å². The lowest BCUT2D eigenvalue weighted by molar-refractivity contribution is 0.141. The summed E-state index contributed by atoms with van der Waals surface area (Å²) in [6, 6.07) is 13.2. The Labute approximate surface area is 169 Å². The first-order valence-electron chi connectivity index (χ1n) is 9.83. The Kier molecular flexibility index (Phi) is 5.31. The molecule has 7 heteroatoms. The Hall–Kier alpha value is -3.19. The molecule has 1 saturated heterocycles. The largest absolute Gasteiger partial charge is 0.322 e. The highest BCUT2D eigenvalue weighted by Gasteiger charge is 2.22. The molecule has 1 fully saturated rings. The number of rotatable bonds is 3. The second-order valence-electron chi connectivity index (χ2n) is 7.52. The van der Waals surface area contributed by atoms with Gasteiger partial charge in [-0.3, -0.25) is 9.69 Å². The van der Waals surface area contributed by atoms with E-state index >= 15 is 0 Å². The van der Waals surface area contributed by atoms with E-state index in [0.29, 0.717) is 36.4 Å². The Balaban J connectivity index is 1.35. The van der Waals surface area contributed by atoms with Crippen LogP contribution in [0.4, 0.5) is 10.5 Å². The van der Waals surface area contributed by atoms with Gasteiger partial charge in [0.25, 0.3) is 5.56 Å². The molecule has 0 bridgehead atoms. The van der Waals surface area contributed by atoms with Gasteiger partial charge in [-0.05, 0) is 49.2 Å². The number of H-pyrrole nitrogens is 1. The van der Waals surface area contributed by atoms with Gasteiger partial charge in [-0.1, -0.05) is 18.2 Å². The highest BCUT2D eigenvalue weighted by atomic mass is 16.2. The smallest absolute Gasteiger partial charge is 0.321 e. The lowest BCUT2D eigenvalue weighted by atomic mass is 10.1. The number of aryl methyl sites for hydroxylation is 2. The van der Waals surface area contributed by atoms with Gasteiger partial charge in [0.2, 0.25) is 0 Å². The minimum absolute atomic E-state index is 0.0786. The zero-order valence-corrected chi connectivity index (χ0v) is 16.7. The van der Waals surface area contributed by atoms with Crippen molar-refractivity contribution in [1.82, 2.24) is 19.8 Å². The maximum absolute atomic E-state index is 12.6. The maximum Gasteiger partial charge on any atom is 0.321 e. The number of carbonyl (C=O) groups is 1. The molecule has 0 unspecified atom stereocenters. The van der Waals surface area contributed by atoms with Crippen LogP contribution in [0.15, 0.2) is 47.3 Å². The molecule has 2 aromatic carbocycles. The van der Waals surface area contributed by atoms with Gasteiger partial charge in [-0.2, -0.15) is 0 Å². The lowest BCUT2D eigenvalue weighted by Crippen LogP contribution is -2.49. The van der Waals surface area contributed by atoms with Crippen molar-refractivity contribution < 1.29 is 4.79 Å². The van der Waals surface area contributed by atoms with Gasteiger partial charge in [0, 0.05) is 31.9 Å². The number of piperazine rings is 1. The summed E-state index contributed by atoms with van der Waals surface area (Å²) in [6.45, 7) is 7.39. The number of nitrogens with one attached hydrogen (secondary N) is 2. The molecule has 29 heavy (non-hydrogen) atoms. The molecule has 1 aliphatic heterocycles. The molecule has 150 valence electrons. The summed E-state index contributed by atoms with van der Waals surface area (Å²) >= 11 is 0. The zero-order chi connectivity index (χ0) is 20.4. The molecule has 0 saturated carbocycles. The minimum Gasteiger partial charge on any atom is -0.322 e. The Bertz CT molecular complexity index is 1100. The monoisotopic (exact) mass is 391 g/mol. The van der Waals surface area contributed by atoms with E-state index in [0.717, 1.165) is 24.3 Å². The molecule has 4 rings (SSSR count). The van der Waals surface area contributed by atoms with Crippen LogP contribution in [0.3, 0.4) is 0 Å². The van der Waals surface area contributed by atoms with Crippen LogP contribution in [0.1, 0.15) is 17.0 Å². The van der Waals surface area contributed by atoms with Gasteiger partial charge in [-0.25, -0.2) is 9.78 Å². The fraction of sp³-hybridized carbons (Fsp3) is 0.318. The number of fused-ring (bicyclic) bond motifs is 1. The lowest BCUT2D eigenvalue weighted by Gasteiger charge is -2.34. The van der Waals surface area contributed by atoms with Gasteiger partial charge in [0.15, 0.2) is 0 Å². The van der Waals surface area contributed by atoms with Crippen molar-refractivity contribution in [2.24, 2.45) is 0 Å². The summed E-state index contributed by atoms with van der Waals surface area (Å²) in [6.07, 6.45) is 0.